The van der Waals surface area contributed by atoms with Gasteiger partial charge in [0.1, 0.15) is 5.56 Å². The average molecular weight is 420 g/mol. The molecule has 11 heteroatoms. The highest BCUT2D eigenvalue weighted by Gasteiger charge is 2.26. The number of nitro groups is 1. The molecule has 160 valence electrons. The highest BCUT2D eigenvalue weighted by Crippen LogP contribution is 2.35. The number of methoxy groups -OCH3 is 4. The van der Waals surface area contributed by atoms with Crippen LogP contribution in [0.1, 0.15) is 10.4 Å². The summed E-state index contributed by atoms with van der Waals surface area (Å²) in [5, 5.41) is 13.8. The minimum Gasteiger partial charge on any atom is -0.493 e. The van der Waals surface area contributed by atoms with E-state index >= 15 is 0 Å². The molecule has 2 aromatic rings. The smallest absolute Gasteiger partial charge is 0.345 e. The topological polar surface area (TPSA) is 135 Å². The summed E-state index contributed by atoms with van der Waals surface area (Å²) in [6, 6.07) is 6.84. The van der Waals surface area contributed by atoms with Crippen LogP contribution in [0.25, 0.3) is 0 Å². The van der Waals surface area contributed by atoms with Gasteiger partial charge in [0, 0.05) is 17.8 Å². The molecule has 1 amide bonds. The number of amides is 1. The van der Waals surface area contributed by atoms with E-state index in [2.05, 4.69) is 5.32 Å². The van der Waals surface area contributed by atoms with Crippen molar-refractivity contribution in [1.29, 1.82) is 0 Å². The number of nitrogens with zero attached hydrogens (tertiary/aromatic N) is 1. The van der Waals surface area contributed by atoms with Gasteiger partial charge in [-0.15, -0.1) is 0 Å². The Morgan fingerprint density at radius 3 is 2.03 bits per heavy atom. The van der Waals surface area contributed by atoms with Crippen molar-refractivity contribution in [1.82, 2.24) is 0 Å². The number of ether oxygens (including phenoxy) is 5. The van der Waals surface area contributed by atoms with E-state index in [9.17, 15) is 19.7 Å². The van der Waals surface area contributed by atoms with E-state index in [0.717, 1.165) is 12.1 Å². The molecule has 2 rings (SSSR count). The molecule has 0 bridgehead atoms. The van der Waals surface area contributed by atoms with E-state index in [1.807, 2.05) is 0 Å². The minimum atomic E-state index is -1.06. The molecule has 0 aliphatic carbocycles. The molecule has 11 nitrogen and oxygen atoms in total. The number of carbonyl (C=O) groups excluding carboxylic acids is 2. The molecular formula is C19H20N2O9. The van der Waals surface area contributed by atoms with Crippen molar-refractivity contribution in [2.24, 2.45) is 0 Å². The van der Waals surface area contributed by atoms with Gasteiger partial charge < -0.3 is 29.0 Å². The Bertz CT molecular complexity index is 959. The number of hydrogen-bond donors (Lipinski definition) is 1. The number of benzene rings is 2. The molecule has 0 unspecified atom stereocenters. The van der Waals surface area contributed by atoms with Crippen LogP contribution in [-0.2, 0) is 9.53 Å². The van der Waals surface area contributed by atoms with Gasteiger partial charge in [-0.25, -0.2) is 4.79 Å². The van der Waals surface area contributed by atoms with Crippen molar-refractivity contribution in [2.75, 3.05) is 40.4 Å². The van der Waals surface area contributed by atoms with Crippen LogP contribution in [0, 0.1) is 10.1 Å². The second-order valence-corrected chi connectivity index (χ2v) is 5.68. The maximum Gasteiger partial charge on any atom is 0.345 e. The molecule has 0 saturated carbocycles. The van der Waals surface area contributed by atoms with E-state index in [0.29, 0.717) is 17.2 Å². The fraction of sp³-hybridized carbons (Fsp3) is 0.263. The number of nitrogens with one attached hydrogen (secondary N) is 1. The van der Waals surface area contributed by atoms with Crippen molar-refractivity contribution < 1.29 is 38.2 Å². The first-order valence-corrected chi connectivity index (χ1v) is 8.44. The van der Waals surface area contributed by atoms with Crippen molar-refractivity contribution in [3.63, 3.8) is 0 Å². The Balaban J connectivity index is 2.11. The van der Waals surface area contributed by atoms with Crippen molar-refractivity contribution in [2.45, 2.75) is 0 Å². The van der Waals surface area contributed by atoms with E-state index < -0.39 is 29.1 Å². The van der Waals surface area contributed by atoms with Crippen molar-refractivity contribution >= 4 is 23.3 Å². The summed E-state index contributed by atoms with van der Waals surface area (Å²) in [7, 11) is 5.54. The first kappa shape index (κ1) is 22.3. The average Bonchev–Trinajstić information content (AvgIpc) is 2.76. The highest BCUT2D eigenvalue weighted by molar-refractivity contribution is 5.98. The zero-order chi connectivity index (χ0) is 22.3. The zero-order valence-electron chi connectivity index (χ0n) is 16.7. The molecule has 2 aromatic carbocycles. The number of carbonyl (C=O) groups is 2. The fourth-order valence-electron chi connectivity index (χ4n) is 2.50. The Kier molecular flexibility index (Phi) is 7.39. The van der Waals surface area contributed by atoms with Gasteiger partial charge in [-0.1, -0.05) is 0 Å². The molecule has 0 aliphatic rings. The third-order valence-corrected chi connectivity index (χ3v) is 3.92. The lowest BCUT2D eigenvalue weighted by molar-refractivity contribution is -0.385. The van der Waals surface area contributed by atoms with Crippen LogP contribution in [0.15, 0.2) is 30.3 Å². The lowest BCUT2D eigenvalue weighted by Gasteiger charge is -2.12. The SMILES string of the molecule is COc1ccc(NC(=O)COC(=O)c2cc(OC)c(OC)cc2[N+](=O)[O-])cc1OC. The molecule has 0 heterocycles. The van der Waals surface area contributed by atoms with E-state index in [4.69, 9.17) is 23.7 Å². The molecule has 0 radical (unpaired) electrons. The predicted molar refractivity (Wildman–Crippen MR) is 105 cm³/mol. The van der Waals surface area contributed by atoms with Gasteiger partial charge in [0.05, 0.1) is 39.4 Å². The highest BCUT2D eigenvalue weighted by atomic mass is 16.6. The van der Waals surface area contributed by atoms with Crippen molar-refractivity contribution in [3.8, 4) is 23.0 Å². The Morgan fingerprint density at radius 1 is 0.900 bits per heavy atom. The molecule has 0 saturated heterocycles. The zero-order valence-corrected chi connectivity index (χ0v) is 16.7. The van der Waals surface area contributed by atoms with E-state index in [1.54, 1.807) is 12.1 Å². The van der Waals surface area contributed by atoms with Gasteiger partial charge in [0.25, 0.3) is 11.6 Å². The van der Waals surface area contributed by atoms with Crippen LogP contribution >= 0.6 is 0 Å². The quantitative estimate of drug-likeness (QED) is 0.368. The van der Waals surface area contributed by atoms with Crippen LogP contribution in [0.2, 0.25) is 0 Å². The predicted octanol–water partition coefficient (Wildman–Crippen LogP) is 2.42. The summed E-state index contributed by atoms with van der Waals surface area (Å²) < 4.78 is 25.2. The van der Waals surface area contributed by atoms with Crippen LogP contribution < -0.4 is 24.3 Å². The molecular weight excluding hydrogens is 400 g/mol. The standard InChI is InChI=1S/C19H20N2O9/c1-26-14-6-5-11(7-15(14)27-2)20-18(22)10-30-19(23)12-8-16(28-3)17(29-4)9-13(12)21(24)25/h5-9H,10H2,1-4H3,(H,20,22). The summed E-state index contributed by atoms with van der Waals surface area (Å²) in [5.74, 6) is -0.670. The van der Waals surface area contributed by atoms with Crippen LogP contribution in [0.5, 0.6) is 23.0 Å². The van der Waals surface area contributed by atoms with Gasteiger partial charge in [0.15, 0.2) is 29.6 Å². The summed E-state index contributed by atoms with van der Waals surface area (Å²) in [5.41, 5.74) is -0.541. The summed E-state index contributed by atoms with van der Waals surface area (Å²) >= 11 is 0. The van der Waals surface area contributed by atoms with Gasteiger partial charge in [-0.3, -0.25) is 14.9 Å². The number of anilines is 1. The maximum absolute atomic E-state index is 12.3. The number of nitro benzene ring substituents is 1. The largest absolute Gasteiger partial charge is 0.493 e. The third-order valence-electron chi connectivity index (χ3n) is 3.92. The first-order valence-electron chi connectivity index (χ1n) is 8.44. The van der Waals surface area contributed by atoms with Gasteiger partial charge in [0.2, 0.25) is 0 Å². The van der Waals surface area contributed by atoms with Crippen LogP contribution in [0.3, 0.4) is 0 Å². The number of esters is 1. The molecule has 0 spiro atoms. The third kappa shape index (κ3) is 5.07. The first-order chi connectivity index (χ1) is 14.3. The van der Waals surface area contributed by atoms with Crippen LogP contribution in [-0.4, -0.2) is 51.8 Å². The summed E-state index contributed by atoms with van der Waals surface area (Å²) in [6.45, 7) is -0.668. The molecule has 0 fully saturated rings. The van der Waals surface area contributed by atoms with Gasteiger partial charge >= 0.3 is 5.97 Å². The number of hydrogen-bond acceptors (Lipinski definition) is 9. The van der Waals surface area contributed by atoms with Crippen molar-refractivity contribution in [3.05, 3.63) is 46.0 Å². The minimum absolute atomic E-state index is 0.0759. The van der Waals surface area contributed by atoms with Crippen LogP contribution in [0.4, 0.5) is 11.4 Å². The Labute approximate surface area is 171 Å². The second kappa shape index (κ2) is 9.96. The van der Waals surface area contributed by atoms with Gasteiger partial charge in [-0.2, -0.15) is 0 Å². The summed E-state index contributed by atoms with van der Waals surface area (Å²) in [4.78, 5) is 35.0. The lowest BCUT2D eigenvalue weighted by atomic mass is 10.1. The summed E-state index contributed by atoms with van der Waals surface area (Å²) in [6.07, 6.45) is 0. The number of rotatable bonds is 9. The molecule has 30 heavy (non-hydrogen) atoms. The Hall–Kier alpha value is -4.02. The molecule has 0 atom stereocenters. The maximum atomic E-state index is 12.3. The van der Waals surface area contributed by atoms with E-state index in [-0.39, 0.29) is 17.1 Å². The fourth-order valence-corrected chi connectivity index (χ4v) is 2.50. The monoisotopic (exact) mass is 420 g/mol. The molecule has 0 aromatic heterocycles. The lowest BCUT2D eigenvalue weighted by Crippen LogP contribution is -2.21. The normalized spacial score (nSPS) is 10.0. The molecule has 0 aliphatic heterocycles. The van der Waals surface area contributed by atoms with Gasteiger partial charge in [-0.05, 0) is 12.1 Å². The van der Waals surface area contributed by atoms with E-state index in [1.165, 1.54) is 34.5 Å². The molecule has 1 N–H and O–H groups in total. The second-order valence-electron chi connectivity index (χ2n) is 5.68. The Morgan fingerprint density at radius 2 is 1.47 bits per heavy atom.